The van der Waals surface area contributed by atoms with Crippen LogP contribution in [0, 0.1) is 0 Å². The lowest BCUT2D eigenvalue weighted by molar-refractivity contribution is -0.118. The molecule has 1 aliphatic heterocycles. The highest BCUT2D eigenvalue weighted by atomic mass is 16.6. The number of hydrogen-bond donors (Lipinski definition) is 2. The van der Waals surface area contributed by atoms with E-state index in [1.807, 2.05) is 6.07 Å². The maximum atomic E-state index is 9.71. The summed E-state index contributed by atoms with van der Waals surface area (Å²) >= 11 is 0. The number of fused-ring (bicyclic) bond motifs is 1. The lowest BCUT2D eigenvalue weighted by Gasteiger charge is -2.30. The van der Waals surface area contributed by atoms with Gasteiger partial charge in [0.05, 0.1) is 12.1 Å². The molecule has 0 aromatic heterocycles. The molecule has 0 bridgehead atoms. The molecule has 1 unspecified atom stereocenters. The molecule has 14 heavy (non-hydrogen) atoms. The van der Waals surface area contributed by atoms with Crippen molar-refractivity contribution < 1.29 is 15.1 Å². The normalized spacial score (nSPS) is 28.3. The number of benzene rings is 1. The van der Waals surface area contributed by atoms with E-state index in [4.69, 9.17) is 9.94 Å². The zero-order valence-corrected chi connectivity index (χ0v) is 7.77. The van der Waals surface area contributed by atoms with Crippen molar-refractivity contribution in [3.63, 3.8) is 0 Å². The lowest BCUT2D eigenvalue weighted by Crippen LogP contribution is -2.38. The SMILES string of the molecule is CC1(O)C/C(=N/O)c2ccccc2O1. The molecule has 1 heterocycles. The summed E-state index contributed by atoms with van der Waals surface area (Å²) in [5.74, 6) is -0.757. The average molecular weight is 193 g/mol. The standard InChI is InChI=1S/C10H11NO3/c1-10(12)6-8(11-13)7-4-2-3-5-9(7)14-10/h2-5,12-13H,6H2,1H3/b11-8-. The van der Waals surface area contributed by atoms with Crippen LogP contribution in [0.15, 0.2) is 29.4 Å². The molecule has 74 valence electrons. The van der Waals surface area contributed by atoms with Gasteiger partial charge in [0, 0.05) is 12.5 Å². The molecule has 4 heteroatoms. The highest BCUT2D eigenvalue weighted by Crippen LogP contribution is 2.31. The fourth-order valence-electron chi connectivity index (χ4n) is 1.56. The van der Waals surface area contributed by atoms with Crippen molar-refractivity contribution in [1.29, 1.82) is 0 Å². The quantitative estimate of drug-likeness (QED) is 0.483. The zero-order valence-electron chi connectivity index (χ0n) is 7.77. The van der Waals surface area contributed by atoms with Crippen molar-refractivity contribution in [3.8, 4) is 5.75 Å². The number of nitrogens with zero attached hydrogens (tertiary/aromatic N) is 1. The Morgan fingerprint density at radius 1 is 1.43 bits per heavy atom. The number of hydrogen-bond acceptors (Lipinski definition) is 4. The molecular formula is C10H11NO3. The van der Waals surface area contributed by atoms with Gasteiger partial charge < -0.3 is 15.1 Å². The second kappa shape index (κ2) is 2.99. The van der Waals surface area contributed by atoms with Gasteiger partial charge in [-0.05, 0) is 12.1 Å². The summed E-state index contributed by atoms with van der Waals surface area (Å²) in [6.07, 6.45) is 0.181. The fraction of sp³-hybridized carbons (Fsp3) is 0.300. The number of para-hydroxylation sites is 1. The molecule has 1 aromatic carbocycles. The Bertz CT molecular complexity index is 385. The molecule has 4 nitrogen and oxygen atoms in total. The number of oxime groups is 1. The summed E-state index contributed by atoms with van der Waals surface area (Å²) in [6.45, 7) is 1.54. The van der Waals surface area contributed by atoms with E-state index in [0.717, 1.165) is 5.56 Å². The van der Waals surface area contributed by atoms with Gasteiger partial charge in [-0.25, -0.2) is 0 Å². The predicted molar refractivity (Wildman–Crippen MR) is 50.6 cm³/mol. The number of rotatable bonds is 0. The Morgan fingerprint density at radius 2 is 2.14 bits per heavy atom. The molecule has 2 N–H and O–H groups in total. The molecule has 1 aliphatic rings. The minimum absolute atomic E-state index is 0.181. The van der Waals surface area contributed by atoms with E-state index in [2.05, 4.69) is 5.16 Å². The molecule has 0 spiro atoms. The first-order chi connectivity index (χ1) is 6.62. The Morgan fingerprint density at radius 3 is 2.86 bits per heavy atom. The van der Waals surface area contributed by atoms with Crippen LogP contribution in [-0.4, -0.2) is 21.8 Å². The van der Waals surface area contributed by atoms with Crippen molar-refractivity contribution in [3.05, 3.63) is 29.8 Å². The van der Waals surface area contributed by atoms with E-state index < -0.39 is 5.79 Å². The van der Waals surface area contributed by atoms with Crippen LogP contribution in [0.4, 0.5) is 0 Å². The largest absolute Gasteiger partial charge is 0.462 e. The summed E-state index contributed by atoms with van der Waals surface area (Å²) in [5, 5.41) is 21.7. The molecule has 0 fully saturated rings. The molecule has 0 amide bonds. The first-order valence-corrected chi connectivity index (χ1v) is 4.34. The maximum Gasteiger partial charge on any atom is 0.211 e. The van der Waals surface area contributed by atoms with Crippen LogP contribution in [0.2, 0.25) is 0 Å². The predicted octanol–water partition coefficient (Wildman–Crippen LogP) is 1.36. The third-order valence-electron chi connectivity index (χ3n) is 2.14. The Balaban J connectivity index is 2.52. The first kappa shape index (κ1) is 9.02. The monoisotopic (exact) mass is 193 g/mol. The smallest absolute Gasteiger partial charge is 0.211 e. The summed E-state index contributed by atoms with van der Waals surface area (Å²) in [4.78, 5) is 0. The number of ether oxygens (including phenoxy) is 1. The van der Waals surface area contributed by atoms with Gasteiger partial charge in [-0.2, -0.15) is 0 Å². The van der Waals surface area contributed by atoms with Crippen LogP contribution in [0.1, 0.15) is 18.9 Å². The van der Waals surface area contributed by atoms with Gasteiger partial charge >= 0.3 is 0 Å². The van der Waals surface area contributed by atoms with Crippen LogP contribution in [0.5, 0.6) is 5.75 Å². The fourth-order valence-corrected chi connectivity index (χ4v) is 1.56. The van der Waals surface area contributed by atoms with Crippen LogP contribution in [-0.2, 0) is 0 Å². The average Bonchev–Trinajstić information content (AvgIpc) is 2.15. The second-order valence-corrected chi connectivity index (χ2v) is 3.50. The first-order valence-electron chi connectivity index (χ1n) is 4.34. The Hall–Kier alpha value is -1.55. The van der Waals surface area contributed by atoms with Gasteiger partial charge in [0.2, 0.25) is 5.79 Å². The van der Waals surface area contributed by atoms with Crippen molar-refractivity contribution >= 4 is 5.71 Å². The molecule has 1 atom stereocenters. The second-order valence-electron chi connectivity index (χ2n) is 3.50. The van der Waals surface area contributed by atoms with Crippen molar-refractivity contribution in [2.24, 2.45) is 5.16 Å². The minimum Gasteiger partial charge on any atom is -0.462 e. The highest BCUT2D eigenvalue weighted by Gasteiger charge is 2.33. The minimum atomic E-state index is -1.30. The molecule has 0 saturated carbocycles. The molecule has 0 saturated heterocycles. The summed E-state index contributed by atoms with van der Waals surface area (Å²) in [5.41, 5.74) is 1.17. The van der Waals surface area contributed by atoms with Gasteiger partial charge in [-0.3, -0.25) is 0 Å². The molecular weight excluding hydrogens is 182 g/mol. The summed E-state index contributed by atoms with van der Waals surface area (Å²) in [7, 11) is 0. The van der Waals surface area contributed by atoms with Crippen molar-refractivity contribution in [1.82, 2.24) is 0 Å². The van der Waals surface area contributed by atoms with E-state index in [1.165, 1.54) is 6.92 Å². The maximum absolute atomic E-state index is 9.71. The van der Waals surface area contributed by atoms with Gasteiger partial charge in [-0.15, -0.1) is 0 Å². The topological polar surface area (TPSA) is 62.1 Å². The molecule has 1 aromatic rings. The van der Waals surface area contributed by atoms with Gasteiger partial charge in [0.1, 0.15) is 5.75 Å². The van der Waals surface area contributed by atoms with Crippen LogP contribution in [0.3, 0.4) is 0 Å². The zero-order chi connectivity index (χ0) is 10.2. The van der Waals surface area contributed by atoms with Crippen molar-refractivity contribution in [2.75, 3.05) is 0 Å². The molecule has 2 rings (SSSR count). The van der Waals surface area contributed by atoms with E-state index in [0.29, 0.717) is 11.5 Å². The molecule has 0 aliphatic carbocycles. The third-order valence-corrected chi connectivity index (χ3v) is 2.14. The van der Waals surface area contributed by atoms with Gasteiger partial charge in [0.25, 0.3) is 0 Å². The van der Waals surface area contributed by atoms with Crippen molar-refractivity contribution in [2.45, 2.75) is 19.1 Å². The van der Waals surface area contributed by atoms with E-state index in [1.54, 1.807) is 18.2 Å². The Labute approximate surface area is 81.4 Å². The van der Waals surface area contributed by atoms with Crippen LogP contribution < -0.4 is 4.74 Å². The van der Waals surface area contributed by atoms with E-state index >= 15 is 0 Å². The van der Waals surface area contributed by atoms with E-state index in [-0.39, 0.29) is 6.42 Å². The summed E-state index contributed by atoms with van der Waals surface area (Å²) in [6, 6.07) is 7.15. The highest BCUT2D eigenvalue weighted by molar-refractivity contribution is 6.03. The van der Waals surface area contributed by atoms with E-state index in [9.17, 15) is 5.11 Å². The van der Waals surface area contributed by atoms with Crippen LogP contribution >= 0.6 is 0 Å². The third kappa shape index (κ3) is 1.44. The van der Waals surface area contributed by atoms with Gasteiger partial charge in [0.15, 0.2) is 0 Å². The molecule has 0 radical (unpaired) electrons. The van der Waals surface area contributed by atoms with Gasteiger partial charge in [-0.1, -0.05) is 17.3 Å². The number of aliphatic hydroxyl groups is 1. The van der Waals surface area contributed by atoms with Crippen LogP contribution in [0.25, 0.3) is 0 Å². The summed E-state index contributed by atoms with van der Waals surface area (Å²) < 4.78 is 5.31. The Kier molecular flexibility index (Phi) is 1.93. The lowest BCUT2D eigenvalue weighted by atomic mass is 9.99.